The van der Waals surface area contributed by atoms with Gasteiger partial charge in [0.1, 0.15) is 9.04 Å². The number of aromatic nitrogens is 1. The topological polar surface area (TPSA) is 47.0 Å². The number of benzene rings is 2. The summed E-state index contributed by atoms with van der Waals surface area (Å²) in [5, 5.41) is 1.43. The van der Waals surface area contributed by atoms with Gasteiger partial charge >= 0.3 is 0 Å². The van der Waals surface area contributed by atoms with Gasteiger partial charge in [-0.1, -0.05) is 41.4 Å². The Balaban J connectivity index is 2.02. The molecule has 6 heteroatoms. The normalized spacial score (nSPS) is 11.8. The molecule has 4 aromatic rings. The van der Waals surface area contributed by atoms with Gasteiger partial charge in [0.2, 0.25) is 9.84 Å². The summed E-state index contributed by atoms with van der Waals surface area (Å²) in [6.45, 7) is 1.93. The van der Waals surface area contributed by atoms with Crippen molar-refractivity contribution in [2.75, 3.05) is 0 Å². The van der Waals surface area contributed by atoms with Crippen molar-refractivity contribution >= 4 is 43.0 Å². The zero-order valence-corrected chi connectivity index (χ0v) is 16.2. The standard InChI is InChI=1S/C20H14ClNO2S2/c1-13-4-10-16(11-5-13)26(23,24)20-18(14-6-8-15(21)9-7-14)17-3-2-12-22-19(17)25-20/h2-12H,1H3. The van der Waals surface area contributed by atoms with Crippen molar-refractivity contribution in [3.8, 4) is 11.1 Å². The molecule has 0 unspecified atom stereocenters. The number of aryl methyl sites for hydroxylation is 1. The smallest absolute Gasteiger partial charge is 0.216 e. The van der Waals surface area contributed by atoms with E-state index >= 15 is 0 Å². The SMILES string of the molecule is Cc1ccc(S(=O)(=O)c2sc3ncccc3c2-c2ccc(Cl)cc2)cc1. The number of sulfone groups is 1. The first kappa shape index (κ1) is 17.2. The second-order valence-electron chi connectivity index (χ2n) is 5.94. The molecular formula is C20H14ClNO2S2. The summed E-state index contributed by atoms with van der Waals surface area (Å²) in [5.74, 6) is 0. The molecule has 2 aromatic heterocycles. The summed E-state index contributed by atoms with van der Waals surface area (Å²) in [6, 6.07) is 17.8. The molecule has 2 aromatic carbocycles. The Morgan fingerprint density at radius 3 is 2.35 bits per heavy atom. The molecule has 2 heterocycles. The van der Waals surface area contributed by atoms with Gasteiger partial charge in [0.25, 0.3) is 0 Å². The fourth-order valence-electron chi connectivity index (χ4n) is 2.81. The number of nitrogens with zero attached hydrogens (tertiary/aromatic N) is 1. The van der Waals surface area contributed by atoms with Gasteiger partial charge in [-0.05, 0) is 48.9 Å². The zero-order valence-electron chi connectivity index (χ0n) is 13.8. The maximum atomic E-state index is 13.3. The first-order chi connectivity index (χ1) is 12.5. The average molecular weight is 400 g/mol. The first-order valence-electron chi connectivity index (χ1n) is 7.92. The van der Waals surface area contributed by atoms with E-state index in [1.165, 1.54) is 11.3 Å². The van der Waals surface area contributed by atoms with E-state index in [1.807, 2.05) is 31.2 Å². The molecule has 0 atom stereocenters. The highest BCUT2D eigenvalue weighted by molar-refractivity contribution is 7.93. The molecule has 0 saturated heterocycles. The van der Waals surface area contributed by atoms with E-state index in [0.29, 0.717) is 19.6 Å². The molecule has 130 valence electrons. The third kappa shape index (κ3) is 2.92. The zero-order chi connectivity index (χ0) is 18.3. The number of halogens is 1. The van der Waals surface area contributed by atoms with E-state index in [1.54, 1.807) is 42.6 Å². The molecule has 0 spiro atoms. The molecule has 26 heavy (non-hydrogen) atoms. The Morgan fingerprint density at radius 2 is 1.65 bits per heavy atom. The number of rotatable bonds is 3. The van der Waals surface area contributed by atoms with Gasteiger partial charge in [0, 0.05) is 22.2 Å². The number of hydrogen-bond acceptors (Lipinski definition) is 4. The third-order valence-corrected chi connectivity index (χ3v) is 7.80. The van der Waals surface area contributed by atoms with Gasteiger partial charge in [-0.3, -0.25) is 0 Å². The first-order valence-corrected chi connectivity index (χ1v) is 10.6. The van der Waals surface area contributed by atoms with Crippen LogP contribution in [0.15, 0.2) is 76.0 Å². The molecule has 0 aliphatic carbocycles. The predicted octanol–water partition coefficient (Wildman–Crippen LogP) is 5.76. The van der Waals surface area contributed by atoms with Gasteiger partial charge in [0.05, 0.1) is 4.90 Å². The van der Waals surface area contributed by atoms with Crippen LogP contribution < -0.4 is 0 Å². The van der Waals surface area contributed by atoms with Crippen LogP contribution in [0.5, 0.6) is 0 Å². The summed E-state index contributed by atoms with van der Waals surface area (Å²) < 4.78 is 27.0. The molecule has 0 aliphatic rings. The molecule has 0 N–H and O–H groups in total. The van der Waals surface area contributed by atoms with E-state index in [0.717, 1.165) is 16.5 Å². The number of fused-ring (bicyclic) bond motifs is 1. The van der Waals surface area contributed by atoms with Crippen molar-refractivity contribution in [1.29, 1.82) is 0 Å². The van der Waals surface area contributed by atoms with Crippen LogP contribution >= 0.6 is 22.9 Å². The van der Waals surface area contributed by atoms with Gasteiger partial charge in [-0.25, -0.2) is 13.4 Å². The summed E-state index contributed by atoms with van der Waals surface area (Å²) >= 11 is 7.20. The van der Waals surface area contributed by atoms with Crippen LogP contribution in [0.4, 0.5) is 0 Å². The van der Waals surface area contributed by atoms with Crippen LogP contribution in [0.1, 0.15) is 5.56 Å². The summed E-state index contributed by atoms with van der Waals surface area (Å²) in [6.07, 6.45) is 1.67. The molecule has 4 rings (SSSR count). The highest BCUT2D eigenvalue weighted by Crippen LogP contribution is 2.43. The van der Waals surface area contributed by atoms with E-state index < -0.39 is 9.84 Å². The van der Waals surface area contributed by atoms with E-state index in [9.17, 15) is 8.42 Å². The molecule has 0 aliphatic heterocycles. The number of pyridine rings is 1. The lowest BCUT2D eigenvalue weighted by Gasteiger charge is -2.07. The molecule has 0 saturated carbocycles. The Labute approximate surface area is 160 Å². The minimum Gasteiger partial charge on any atom is -0.245 e. The molecule has 0 radical (unpaired) electrons. The van der Waals surface area contributed by atoms with Crippen LogP contribution in [0.3, 0.4) is 0 Å². The van der Waals surface area contributed by atoms with E-state index in [-0.39, 0.29) is 4.90 Å². The average Bonchev–Trinajstić information content (AvgIpc) is 3.03. The Hall–Kier alpha value is -2.21. The lowest BCUT2D eigenvalue weighted by molar-refractivity contribution is 0.598. The van der Waals surface area contributed by atoms with Crippen LogP contribution in [0.25, 0.3) is 21.3 Å². The lowest BCUT2D eigenvalue weighted by Crippen LogP contribution is -2.01. The Morgan fingerprint density at radius 1 is 0.962 bits per heavy atom. The van der Waals surface area contributed by atoms with Crippen LogP contribution in [-0.4, -0.2) is 13.4 Å². The fourth-order valence-corrected chi connectivity index (χ4v) is 6.01. The van der Waals surface area contributed by atoms with Crippen molar-refractivity contribution in [3.63, 3.8) is 0 Å². The number of hydrogen-bond donors (Lipinski definition) is 0. The van der Waals surface area contributed by atoms with Crippen molar-refractivity contribution in [2.45, 2.75) is 16.0 Å². The largest absolute Gasteiger partial charge is 0.245 e. The second-order valence-corrected chi connectivity index (χ2v) is 9.52. The Kier molecular flexibility index (Phi) is 4.31. The summed E-state index contributed by atoms with van der Waals surface area (Å²) in [4.78, 5) is 5.33. The molecule has 0 fully saturated rings. The van der Waals surface area contributed by atoms with Crippen LogP contribution in [-0.2, 0) is 9.84 Å². The molecular weight excluding hydrogens is 386 g/mol. The summed E-state index contributed by atoms with van der Waals surface area (Å²) in [7, 11) is -3.66. The summed E-state index contributed by atoms with van der Waals surface area (Å²) in [5.41, 5.74) is 2.49. The quantitative estimate of drug-likeness (QED) is 0.440. The fraction of sp³-hybridized carbons (Fsp3) is 0.0500. The maximum absolute atomic E-state index is 13.3. The van der Waals surface area contributed by atoms with Gasteiger partial charge in [-0.15, -0.1) is 11.3 Å². The highest BCUT2D eigenvalue weighted by Gasteiger charge is 2.27. The van der Waals surface area contributed by atoms with Gasteiger partial charge < -0.3 is 0 Å². The molecule has 3 nitrogen and oxygen atoms in total. The lowest BCUT2D eigenvalue weighted by atomic mass is 10.1. The van der Waals surface area contributed by atoms with Gasteiger partial charge in [-0.2, -0.15) is 0 Å². The van der Waals surface area contributed by atoms with E-state index in [2.05, 4.69) is 4.98 Å². The third-order valence-electron chi connectivity index (χ3n) is 4.14. The van der Waals surface area contributed by atoms with Crippen molar-refractivity contribution < 1.29 is 8.42 Å². The number of thiophene rings is 1. The molecule has 0 amide bonds. The van der Waals surface area contributed by atoms with Crippen LogP contribution in [0.2, 0.25) is 5.02 Å². The molecule has 0 bridgehead atoms. The van der Waals surface area contributed by atoms with Crippen molar-refractivity contribution in [3.05, 3.63) is 77.4 Å². The maximum Gasteiger partial charge on any atom is 0.216 e. The second kappa shape index (κ2) is 6.50. The minimum atomic E-state index is -3.66. The van der Waals surface area contributed by atoms with Crippen molar-refractivity contribution in [2.24, 2.45) is 0 Å². The van der Waals surface area contributed by atoms with Crippen LogP contribution in [0, 0.1) is 6.92 Å². The van der Waals surface area contributed by atoms with Crippen molar-refractivity contribution in [1.82, 2.24) is 4.98 Å². The van der Waals surface area contributed by atoms with E-state index in [4.69, 9.17) is 11.6 Å². The highest BCUT2D eigenvalue weighted by atomic mass is 35.5. The monoisotopic (exact) mass is 399 g/mol. The van der Waals surface area contributed by atoms with Gasteiger partial charge in [0.15, 0.2) is 0 Å². The Bertz CT molecular complexity index is 1200. The predicted molar refractivity (Wildman–Crippen MR) is 107 cm³/mol. The minimum absolute atomic E-state index is 0.282.